The van der Waals surface area contributed by atoms with E-state index in [1.165, 1.54) is 30.3 Å². The van der Waals surface area contributed by atoms with Crippen LogP contribution in [0.2, 0.25) is 0 Å². The monoisotopic (exact) mass is 359 g/mol. The fourth-order valence-corrected chi connectivity index (χ4v) is 2.27. The zero-order chi connectivity index (χ0) is 15.4. The summed E-state index contributed by atoms with van der Waals surface area (Å²) in [7, 11) is 1.69. The summed E-state index contributed by atoms with van der Waals surface area (Å²) in [6.07, 6.45) is 0. The summed E-state index contributed by atoms with van der Waals surface area (Å²) >= 11 is 3.04. The molecule has 0 unspecified atom stereocenters. The normalized spacial score (nSPS) is 10.7. The van der Waals surface area contributed by atoms with Gasteiger partial charge in [-0.1, -0.05) is 6.07 Å². The highest BCUT2D eigenvalue weighted by Gasteiger charge is 2.13. The Morgan fingerprint density at radius 3 is 2.24 bits per heavy atom. The number of nitrogens with one attached hydrogen (secondary N) is 1. The Morgan fingerprint density at radius 1 is 1.00 bits per heavy atom. The molecule has 0 aromatic heterocycles. The summed E-state index contributed by atoms with van der Waals surface area (Å²) in [5.74, 6) is -2.37. The highest BCUT2D eigenvalue weighted by atomic mass is 79.9. The van der Waals surface area contributed by atoms with Crippen LogP contribution in [-0.2, 0) is 13.2 Å². The lowest BCUT2D eigenvalue weighted by molar-refractivity contribution is 0.273. The Kier molecular flexibility index (Phi) is 5.25. The van der Waals surface area contributed by atoms with Gasteiger partial charge in [0.25, 0.3) is 0 Å². The lowest BCUT2D eigenvalue weighted by Gasteiger charge is -2.10. The van der Waals surface area contributed by atoms with Gasteiger partial charge in [0, 0.05) is 6.54 Å². The third-order valence-electron chi connectivity index (χ3n) is 2.81. The molecule has 0 aliphatic carbocycles. The Morgan fingerprint density at radius 2 is 1.67 bits per heavy atom. The third kappa shape index (κ3) is 3.98. The fraction of sp³-hybridized carbons (Fsp3) is 0.200. The fourth-order valence-electron chi connectivity index (χ4n) is 1.84. The van der Waals surface area contributed by atoms with E-state index in [-0.39, 0.29) is 11.1 Å². The van der Waals surface area contributed by atoms with Crippen molar-refractivity contribution < 1.29 is 17.9 Å². The summed E-state index contributed by atoms with van der Waals surface area (Å²) in [5.41, 5.74) is 1.09. The van der Waals surface area contributed by atoms with Gasteiger partial charge in [-0.25, -0.2) is 13.2 Å². The predicted octanol–water partition coefficient (Wildman–Crippen LogP) is 4.16. The molecule has 0 heterocycles. The van der Waals surface area contributed by atoms with E-state index in [0.717, 1.165) is 0 Å². The standard InChI is InChI=1S/C15H13BrF3NO/c1-20-7-10-5-13(18)15(14(19)6-10)21-8-9-2-3-12(17)11(16)4-9/h2-6,20H,7-8H2,1H3. The zero-order valence-corrected chi connectivity index (χ0v) is 12.8. The van der Waals surface area contributed by atoms with Gasteiger partial charge in [0.05, 0.1) is 4.47 Å². The molecule has 0 atom stereocenters. The molecule has 2 aromatic carbocycles. The Bertz CT molecular complexity index is 626. The summed E-state index contributed by atoms with van der Waals surface area (Å²) in [6.45, 7) is 0.303. The number of halogens is 4. The van der Waals surface area contributed by atoms with Crippen LogP contribution in [0.3, 0.4) is 0 Å². The number of rotatable bonds is 5. The molecule has 21 heavy (non-hydrogen) atoms. The summed E-state index contributed by atoms with van der Waals surface area (Å²) < 4.78 is 46.2. The second-order valence-corrected chi connectivity index (χ2v) is 5.31. The van der Waals surface area contributed by atoms with Crippen LogP contribution < -0.4 is 10.1 Å². The Balaban J connectivity index is 2.14. The van der Waals surface area contributed by atoms with Gasteiger partial charge in [-0.05, 0) is 58.4 Å². The molecule has 0 aliphatic rings. The van der Waals surface area contributed by atoms with Gasteiger partial charge >= 0.3 is 0 Å². The summed E-state index contributed by atoms with van der Waals surface area (Å²) in [6, 6.07) is 6.68. The van der Waals surface area contributed by atoms with Crippen LogP contribution in [0.5, 0.6) is 5.75 Å². The average molecular weight is 360 g/mol. The minimum atomic E-state index is -0.763. The molecule has 112 valence electrons. The lowest BCUT2D eigenvalue weighted by atomic mass is 10.2. The molecule has 0 radical (unpaired) electrons. The predicted molar refractivity (Wildman–Crippen MR) is 77.6 cm³/mol. The topological polar surface area (TPSA) is 21.3 Å². The van der Waals surface area contributed by atoms with Gasteiger partial charge in [-0.2, -0.15) is 0 Å². The van der Waals surface area contributed by atoms with Crippen molar-refractivity contribution in [1.82, 2.24) is 5.32 Å². The molecule has 0 fully saturated rings. The average Bonchev–Trinajstić information content (AvgIpc) is 2.42. The quantitative estimate of drug-likeness (QED) is 0.865. The summed E-state index contributed by atoms with van der Waals surface area (Å²) in [4.78, 5) is 0. The van der Waals surface area contributed by atoms with Crippen LogP contribution >= 0.6 is 15.9 Å². The Hall–Kier alpha value is -1.53. The maximum Gasteiger partial charge on any atom is 0.191 e. The van der Waals surface area contributed by atoms with Crippen LogP contribution in [0.15, 0.2) is 34.8 Å². The number of hydrogen-bond donors (Lipinski definition) is 1. The van der Waals surface area contributed by atoms with E-state index in [1.54, 1.807) is 7.05 Å². The van der Waals surface area contributed by atoms with Gasteiger partial charge in [-0.3, -0.25) is 0 Å². The second kappa shape index (κ2) is 6.95. The molecule has 0 aliphatic heterocycles. The van der Waals surface area contributed by atoms with Crippen molar-refractivity contribution in [1.29, 1.82) is 0 Å². The van der Waals surface area contributed by atoms with E-state index in [0.29, 0.717) is 17.7 Å². The third-order valence-corrected chi connectivity index (χ3v) is 3.41. The van der Waals surface area contributed by atoms with E-state index in [9.17, 15) is 13.2 Å². The molecule has 0 saturated carbocycles. The van der Waals surface area contributed by atoms with Gasteiger partial charge in [0.1, 0.15) is 12.4 Å². The maximum atomic E-state index is 13.8. The number of benzene rings is 2. The van der Waals surface area contributed by atoms with Crippen LogP contribution in [0, 0.1) is 17.5 Å². The first-order chi connectivity index (χ1) is 10.0. The van der Waals surface area contributed by atoms with Crippen molar-refractivity contribution in [2.75, 3.05) is 7.05 Å². The molecule has 6 heteroatoms. The molecule has 2 aromatic rings. The van der Waals surface area contributed by atoms with Crippen molar-refractivity contribution in [3.63, 3.8) is 0 Å². The smallest absolute Gasteiger partial charge is 0.191 e. The molecule has 0 saturated heterocycles. The van der Waals surface area contributed by atoms with E-state index in [1.807, 2.05) is 0 Å². The van der Waals surface area contributed by atoms with Gasteiger partial charge in [-0.15, -0.1) is 0 Å². The first kappa shape index (κ1) is 15.9. The zero-order valence-electron chi connectivity index (χ0n) is 11.2. The van der Waals surface area contributed by atoms with Crippen molar-refractivity contribution >= 4 is 15.9 Å². The number of ether oxygens (including phenoxy) is 1. The molecule has 1 N–H and O–H groups in total. The maximum absolute atomic E-state index is 13.8. The van der Waals surface area contributed by atoms with Crippen LogP contribution in [0.1, 0.15) is 11.1 Å². The van der Waals surface area contributed by atoms with Crippen molar-refractivity contribution in [2.24, 2.45) is 0 Å². The van der Waals surface area contributed by atoms with Gasteiger partial charge in [0.15, 0.2) is 17.4 Å². The van der Waals surface area contributed by atoms with Gasteiger partial charge in [0.2, 0.25) is 0 Å². The lowest BCUT2D eigenvalue weighted by Crippen LogP contribution is -2.07. The number of hydrogen-bond acceptors (Lipinski definition) is 2. The minimum Gasteiger partial charge on any atom is -0.483 e. The largest absolute Gasteiger partial charge is 0.483 e. The van der Waals surface area contributed by atoms with E-state index in [4.69, 9.17) is 4.74 Å². The van der Waals surface area contributed by atoms with Crippen LogP contribution in [-0.4, -0.2) is 7.05 Å². The first-order valence-electron chi connectivity index (χ1n) is 6.20. The van der Waals surface area contributed by atoms with E-state index >= 15 is 0 Å². The van der Waals surface area contributed by atoms with Gasteiger partial charge < -0.3 is 10.1 Å². The second-order valence-electron chi connectivity index (χ2n) is 4.46. The molecule has 0 spiro atoms. The molecular weight excluding hydrogens is 347 g/mol. The molecule has 2 nitrogen and oxygen atoms in total. The van der Waals surface area contributed by atoms with Crippen LogP contribution in [0.4, 0.5) is 13.2 Å². The van der Waals surface area contributed by atoms with E-state index in [2.05, 4.69) is 21.2 Å². The highest BCUT2D eigenvalue weighted by Crippen LogP contribution is 2.25. The minimum absolute atomic E-state index is 0.0574. The first-order valence-corrected chi connectivity index (χ1v) is 7.00. The highest BCUT2D eigenvalue weighted by molar-refractivity contribution is 9.10. The summed E-state index contributed by atoms with van der Waals surface area (Å²) in [5, 5.41) is 2.81. The molecule has 0 bridgehead atoms. The Labute approximate surface area is 129 Å². The SMILES string of the molecule is CNCc1cc(F)c(OCc2ccc(F)c(Br)c2)c(F)c1. The van der Waals surface area contributed by atoms with E-state index < -0.39 is 23.2 Å². The van der Waals surface area contributed by atoms with Crippen molar-refractivity contribution in [2.45, 2.75) is 13.2 Å². The van der Waals surface area contributed by atoms with Crippen LogP contribution in [0.25, 0.3) is 0 Å². The van der Waals surface area contributed by atoms with Crippen molar-refractivity contribution in [3.05, 3.63) is 63.4 Å². The molecular formula is C15H13BrF3NO. The molecule has 0 amide bonds. The molecule has 2 rings (SSSR count). The van der Waals surface area contributed by atoms with Crippen molar-refractivity contribution in [3.8, 4) is 5.75 Å².